The lowest BCUT2D eigenvalue weighted by Gasteiger charge is -2.10. The van der Waals surface area contributed by atoms with E-state index in [4.69, 9.17) is 21.1 Å². The van der Waals surface area contributed by atoms with Crippen LogP contribution in [0.5, 0.6) is 11.5 Å². The first-order valence-corrected chi connectivity index (χ1v) is 6.52. The molecule has 2 aromatic rings. The van der Waals surface area contributed by atoms with Crippen molar-refractivity contribution >= 4 is 17.4 Å². The number of benzene rings is 2. The minimum Gasteiger partial charge on any atom is -0.496 e. The van der Waals surface area contributed by atoms with E-state index in [1.165, 1.54) is 7.11 Å². The molecule has 0 aliphatic heterocycles. The number of methoxy groups -OCH3 is 2. The summed E-state index contributed by atoms with van der Waals surface area (Å²) in [6, 6.07) is 12.5. The van der Waals surface area contributed by atoms with Gasteiger partial charge >= 0.3 is 0 Å². The first-order valence-electron chi connectivity index (χ1n) is 6.14. The zero-order valence-electron chi connectivity index (χ0n) is 11.4. The lowest BCUT2D eigenvalue weighted by Crippen LogP contribution is -2.07. The maximum absolute atomic E-state index is 12.4. The maximum Gasteiger partial charge on any atom is 0.171 e. The van der Waals surface area contributed by atoms with Gasteiger partial charge in [-0.1, -0.05) is 29.8 Å². The highest BCUT2D eigenvalue weighted by Gasteiger charge is 2.15. The molecule has 0 aliphatic carbocycles. The van der Waals surface area contributed by atoms with Gasteiger partial charge in [-0.25, -0.2) is 0 Å². The quantitative estimate of drug-likeness (QED) is 0.786. The molecule has 3 nitrogen and oxygen atoms in total. The largest absolute Gasteiger partial charge is 0.496 e. The molecule has 0 unspecified atom stereocenters. The normalized spacial score (nSPS) is 10.2. The fourth-order valence-corrected chi connectivity index (χ4v) is 2.19. The van der Waals surface area contributed by atoms with Gasteiger partial charge in [0.15, 0.2) is 5.78 Å². The van der Waals surface area contributed by atoms with E-state index in [-0.39, 0.29) is 12.2 Å². The Morgan fingerprint density at radius 2 is 1.75 bits per heavy atom. The lowest BCUT2D eigenvalue weighted by molar-refractivity contribution is 0.0989. The number of hydrogen-bond donors (Lipinski definition) is 0. The molecule has 0 aliphatic rings. The number of para-hydroxylation sites is 1. The van der Waals surface area contributed by atoms with Gasteiger partial charge in [-0.05, 0) is 24.3 Å². The van der Waals surface area contributed by atoms with Crippen LogP contribution in [0.1, 0.15) is 15.9 Å². The van der Waals surface area contributed by atoms with Crippen molar-refractivity contribution in [2.24, 2.45) is 0 Å². The smallest absolute Gasteiger partial charge is 0.171 e. The van der Waals surface area contributed by atoms with Crippen LogP contribution in [-0.4, -0.2) is 20.0 Å². The number of carbonyl (C=O) groups excluding carboxylic acids is 1. The second-order valence-electron chi connectivity index (χ2n) is 4.26. The molecular formula is C16H15ClO3. The predicted molar refractivity (Wildman–Crippen MR) is 79.0 cm³/mol. The molecular weight excluding hydrogens is 276 g/mol. The van der Waals surface area contributed by atoms with Crippen LogP contribution in [0.15, 0.2) is 42.5 Å². The Balaban J connectivity index is 2.30. The summed E-state index contributed by atoms with van der Waals surface area (Å²) in [4.78, 5) is 12.4. The Labute approximate surface area is 123 Å². The number of carbonyl (C=O) groups is 1. The monoisotopic (exact) mass is 290 g/mol. The zero-order valence-corrected chi connectivity index (χ0v) is 12.1. The van der Waals surface area contributed by atoms with E-state index >= 15 is 0 Å². The highest BCUT2D eigenvalue weighted by Crippen LogP contribution is 2.26. The second-order valence-corrected chi connectivity index (χ2v) is 4.69. The van der Waals surface area contributed by atoms with Crippen molar-refractivity contribution in [1.29, 1.82) is 0 Å². The van der Waals surface area contributed by atoms with Crippen molar-refractivity contribution in [2.45, 2.75) is 6.42 Å². The summed E-state index contributed by atoms with van der Waals surface area (Å²) in [6.45, 7) is 0. The Hall–Kier alpha value is -2.00. The third-order valence-electron chi connectivity index (χ3n) is 3.01. The molecule has 104 valence electrons. The van der Waals surface area contributed by atoms with E-state index in [0.29, 0.717) is 22.1 Å². The number of Topliss-reactive ketones (excluding diaryl/α,β-unsaturated/α-hetero) is 1. The molecule has 4 heteroatoms. The number of rotatable bonds is 5. The molecule has 0 heterocycles. The summed E-state index contributed by atoms with van der Waals surface area (Å²) < 4.78 is 10.5. The summed E-state index contributed by atoms with van der Waals surface area (Å²) in [5, 5.41) is 0.508. The molecule has 0 radical (unpaired) electrons. The molecule has 0 fully saturated rings. The number of hydrogen-bond acceptors (Lipinski definition) is 3. The van der Waals surface area contributed by atoms with E-state index in [9.17, 15) is 4.79 Å². The highest BCUT2D eigenvalue weighted by molar-refractivity contribution is 6.31. The molecule has 0 saturated carbocycles. The third kappa shape index (κ3) is 3.11. The lowest BCUT2D eigenvalue weighted by atomic mass is 10.0. The van der Waals surface area contributed by atoms with Gasteiger partial charge in [0.2, 0.25) is 0 Å². The van der Waals surface area contributed by atoms with Crippen LogP contribution in [0.2, 0.25) is 5.02 Å². The second kappa shape index (κ2) is 6.44. The highest BCUT2D eigenvalue weighted by atomic mass is 35.5. The van der Waals surface area contributed by atoms with Gasteiger partial charge in [0.05, 0.1) is 19.8 Å². The topological polar surface area (TPSA) is 35.5 Å². The minimum absolute atomic E-state index is 0.0612. The summed E-state index contributed by atoms with van der Waals surface area (Å²) >= 11 is 5.95. The molecule has 2 aromatic carbocycles. The third-order valence-corrected chi connectivity index (χ3v) is 3.24. The van der Waals surface area contributed by atoms with Crippen LogP contribution in [0.25, 0.3) is 0 Å². The molecule has 0 atom stereocenters. The first kappa shape index (κ1) is 14.4. The molecule has 20 heavy (non-hydrogen) atoms. The molecule has 0 spiro atoms. The summed E-state index contributed by atoms with van der Waals surface area (Å²) in [6.07, 6.45) is 0.237. The standard InChI is InChI=1S/C16H15ClO3/c1-19-15-6-4-3-5-11(15)9-14(18)13-10-12(17)7-8-16(13)20-2/h3-8,10H,9H2,1-2H3. The van der Waals surface area contributed by atoms with E-state index in [1.807, 2.05) is 24.3 Å². The predicted octanol–water partition coefficient (Wildman–Crippen LogP) is 3.78. The van der Waals surface area contributed by atoms with Crippen LogP contribution in [0, 0.1) is 0 Å². The van der Waals surface area contributed by atoms with Crippen LogP contribution in [0.3, 0.4) is 0 Å². The van der Waals surface area contributed by atoms with Gasteiger partial charge in [0.1, 0.15) is 11.5 Å². The molecule has 2 rings (SSSR count). The van der Waals surface area contributed by atoms with E-state index in [1.54, 1.807) is 25.3 Å². The zero-order chi connectivity index (χ0) is 14.5. The van der Waals surface area contributed by atoms with Crippen LogP contribution < -0.4 is 9.47 Å². The van der Waals surface area contributed by atoms with Crippen molar-refractivity contribution in [2.75, 3.05) is 14.2 Å². The van der Waals surface area contributed by atoms with Crippen LogP contribution in [-0.2, 0) is 6.42 Å². The Morgan fingerprint density at radius 1 is 1.05 bits per heavy atom. The Kier molecular flexibility index (Phi) is 4.64. The Morgan fingerprint density at radius 3 is 2.45 bits per heavy atom. The van der Waals surface area contributed by atoms with Crippen molar-refractivity contribution in [3.63, 3.8) is 0 Å². The van der Waals surface area contributed by atoms with Crippen molar-refractivity contribution in [1.82, 2.24) is 0 Å². The average Bonchev–Trinajstić information content (AvgIpc) is 2.47. The summed E-state index contributed by atoms with van der Waals surface area (Å²) in [7, 11) is 3.12. The summed E-state index contributed by atoms with van der Waals surface area (Å²) in [5.74, 6) is 1.16. The van der Waals surface area contributed by atoms with Crippen LogP contribution >= 0.6 is 11.6 Å². The van der Waals surface area contributed by atoms with E-state index in [0.717, 1.165) is 5.56 Å². The molecule has 0 bridgehead atoms. The van der Waals surface area contributed by atoms with E-state index < -0.39 is 0 Å². The number of ether oxygens (including phenoxy) is 2. The molecule has 0 saturated heterocycles. The first-order chi connectivity index (χ1) is 9.65. The molecule has 0 amide bonds. The fraction of sp³-hybridized carbons (Fsp3) is 0.188. The van der Waals surface area contributed by atoms with Crippen molar-refractivity contribution < 1.29 is 14.3 Å². The van der Waals surface area contributed by atoms with Gasteiger partial charge in [-0.3, -0.25) is 4.79 Å². The van der Waals surface area contributed by atoms with Crippen molar-refractivity contribution in [3.05, 3.63) is 58.6 Å². The minimum atomic E-state index is -0.0612. The molecule has 0 N–H and O–H groups in total. The summed E-state index contributed by atoms with van der Waals surface area (Å²) in [5.41, 5.74) is 1.31. The molecule has 0 aromatic heterocycles. The van der Waals surface area contributed by atoms with Gasteiger partial charge in [-0.15, -0.1) is 0 Å². The van der Waals surface area contributed by atoms with E-state index in [2.05, 4.69) is 0 Å². The SMILES string of the molecule is COc1ccccc1CC(=O)c1cc(Cl)ccc1OC. The van der Waals surface area contributed by atoms with Crippen LogP contribution in [0.4, 0.5) is 0 Å². The number of halogens is 1. The van der Waals surface area contributed by atoms with Crippen molar-refractivity contribution in [3.8, 4) is 11.5 Å². The van der Waals surface area contributed by atoms with Gasteiger partial charge in [0.25, 0.3) is 0 Å². The fourth-order valence-electron chi connectivity index (χ4n) is 2.02. The van der Waals surface area contributed by atoms with Gasteiger partial charge < -0.3 is 9.47 Å². The van der Waals surface area contributed by atoms with Gasteiger partial charge in [0, 0.05) is 17.0 Å². The average molecular weight is 291 g/mol. The Bertz CT molecular complexity index is 623. The van der Waals surface area contributed by atoms with Gasteiger partial charge in [-0.2, -0.15) is 0 Å². The maximum atomic E-state index is 12.4. The number of ketones is 1.